The summed E-state index contributed by atoms with van der Waals surface area (Å²) in [7, 11) is 0. The van der Waals surface area contributed by atoms with Crippen molar-refractivity contribution >= 4 is 5.78 Å². The maximum atomic E-state index is 14.0. The van der Waals surface area contributed by atoms with Crippen LogP contribution in [0.4, 0.5) is 4.39 Å². The van der Waals surface area contributed by atoms with Crippen molar-refractivity contribution in [3.8, 4) is 0 Å². The van der Waals surface area contributed by atoms with E-state index in [9.17, 15) is 9.18 Å². The van der Waals surface area contributed by atoms with Crippen LogP contribution in [-0.4, -0.2) is 5.78 Å². The molecule has 0 bridgehead atoms. The summed E-state index contributed by atoms with van der Waals surface area (Å²) in [5.41, 5.74) is 0.833. The van der Waals surface area contributed by atoms with E-state index in [4.69, 9.17) is 0 Å². The number of benzene rings is 1. The van der Waals surface area contributed by atoms with Crippen molar-refractivity contribution in [2.75, 3.05) is 0 Å². The molecule has 0 aromatic heterocycles. The molecule has 3 unspecified atom stereocenters. The molecule has 0 heterocycles. The van der Waals surface area contributed by atoms with E-state index < -0.39 is 0 Å². The van der Waals surface area contributed by atoms with Crippen LogP contribution in [-0.2, 0) is 0 Å². The lowest BCUT2D eigenvalue weighted by Gasteiger charge is -2.31. The maximum Gasteiger partial charge on any atom is 0.168 e. The molecule has 3 atom stereocenters. The number of aryl methyl sites for hydroxylation is 1. The topological polar surface area (TPSA) is 17.1 Å². The van der Waals surface area contributed by atoms with Gasteiger partial charge in [-0.2, -0.15) is 0 Å². The summed E-state index contributed by atoms with van der Waals surface area (Å²) < 4.78 is 14.0. The first-order valence-corrected chi connectivity index (χ1v) is 6.80. The Labute approximate surface area is 108 Å². The largest absolute Gasteiger partial charge is 0.294 e. The van der Waals surface area contributed by atoms with Crippen LogP contribution in [0, 0.1) is 30.5 Å². The maximum absolute atomic E-state index is 14.0. The standard InChI is InChI=1S/C16H21FO/c1-10-7-8-13(9-12(10)3)16(18)14-6-4-5-11(2)15(14)17/h4-6,10,12-13H,7-9H2,1-3H3. The number of carbonyl (C=O) groups is 1. The fourth-order valence-corrected chi connectivity index (χ4v) is 2.84. The van der Waals surface area contributed by atoms with Crippen LogP contribution < -0.4 is 0 Å². The Morgan fingerprint density at radius 3 is 2.61 bits per heavy atom. The molecule has 1 aliphatic carbocycles. The van der Waals surface area contributed by atoms with Crippen LogP contribution in [0.2, 0.25) is 0 Å². The minimum absolute atomic E-state index is 0.00468. The Morgan fingerprint density at radius 2 is 1.94 bits per heavy atom. The molecule has 1 saturated carbocycles. The molecule has 0 N–H and O–H groups in total. The second-order valence-electron chi connectivity index (χ2n) is 5.77. The number of rotatable bonds is 2. The second kappa shape index (κ2) is 5.21. The quantitative estimate of drug-likeness (QED) is 0.709. The van der Waals surface area contributed by atoms with Crippen LogP contribution in [0.5, 0.6) is 0 Å². The third kappa shape index (κ3) is 2.47. The van der Waals surface area contributed by atoms with Crippen molar-refractivity contribution in [2.24, 2.45) is 17.8 Å². The predicted molar refractivity (Wildman–Crippen MR) is 71.1 cm³/mol. The van der Waals surface area contributed by atoms with Crippen molar-refractivity contribution < 1.29 is 9.18 Å². The number of carbonyl (C=O) groups excluding carboxylic acids is 1. The van der Waals surface area contributed by atoms with Crippen molar-refractivity contribution in [1.82, 2.24) is 0 Å². The molecule has 2 heteroatoms. The average Bonchev–Trinajstić information content (AvgIpc) is 2.35. The van der Waals surface area contributed by atoms with Gasteiger partial charge in [-0.1, -0.05) is 26.0 Å². The molecule has 1 aromatic rings. The van der Waals surface area contributed by atoms with Crippen molar-refractivity contribution in [2.45, 2.75) is 40.0 Å². The van der Waals surface area contributed by atoms with Crippen molar-refractivity contribution in [3.05, 3.63) is 35.1 Å². The Hall–Kier alpha value is -1.18. The molecule has 18 heavy (non-hydrogen) atoms. The van der Waals surface area contributed by atoms with Gasteiger partial charge < -0.3 is 0 Å². The van der Waals surface area contributed by atoms with E-state index in [2.05, 4.69) is 13.8 Å². The molecular weight excluding hydrogens is 227 g/mol. The molecule has 0 spiro atoms. The smallest absolute Gasteiger partial charge is 0.168 e. The lowest BCUT2D eigenvalue weighted by atomic mass is 9.73. The highest BCUT2D eigenvalue weighted by Crippen LogP contribution is 2.35. The van der Waals surface area contributed by atoms with Gasteiger partial charge in [0.25, 0.3) is 0 Å². The minimum Gasteiger partial charge on any atom is -0.294 e. The second-order valence-corrected chi connectivity index (χ2v) is 5.77. The third-order valence-electron chi connectivity index (χ3n) is 4.43. The summed E-state index contributed by atoms with van der Waals surface area (Å²) >= 11 is 0. The van der Waals surface area contributed by atoms with Gasteiger partial charge >= 0.3 is 0 Å². The Balaban J connectivity index is 2.19. The molecule has 1 fully saturated rings. The zero-order valence-corrected chi connectivity index (χ0v) is 11.4. The predicted octanol–water partition coefficient (Wildman–Crippen LogP) is 4.39. The summed E-state index contributed by atoms with van der Waals surface area (Å²) in [4.78, 5) is 12.4. The highest BCUT2D eigenvalue weighted by atomic mass is 19.1. The summed E-state index contributed by atoms with van der Waals surface area (Å²) in [6.07, 6.45) is 2.87. The third-order valence-corrected chi connectivity index (χ3v) is 4.43. The highest BCUT2D eigenvalue weighted by molar-refractivity contribution is 5.98. The van der Waals surface area contributed by atoms with Gasteiger partial charge in [0.15, 0.2) is 5.78 Å². The van der Waals surface area contributed by atoms with E-state index in [0.29, 0.717) is 17.4 Å². The van der Waals surface area contributed by atoms with Crippen LogP contribution >= 0.6 is 0 Å². The van der Waals surface area contributed by atoms with Gasteiger partial charge in [-0.25, -0.2) is 4.39 Å². The van der Waals surface area contributed by atoms with Crippen molar-refractivity contribution in [3.63, 3.8) is 0 Å². The van der Waals surface area contributed by atoms with Gasteiger partial charge in [0.05, 0.1) is 5.56 Å². The van der Waals surface area contributed by atoms with E-state index in [1.807, 2.05) is 0 Å². The first-order valence-electron chi connectivity index (χ1n) is 6.80. The van der Waals surface area contributed by atoms with Crippen LogP contribution in [0.3, 0.4) is 0 Å². The summed E-state index contributed by atoms with van der Waals surface area (Å²) in [6.45, 7) is 6.13. The Bertz CT molecular complexity index is 452. The van der Waals surface area contributed by atoms with Gasteiger partial charge in [0.2, 0.25) is 0 Å². The molecule has 0 radical (unpaired) electrons. The number of hydrogen-bond donors (Lipinski definition) is 0. The van der Waals surface area contributed by atoms with Crippen LogP contribution in [0.1, 0.15) is 49.0 Å². The van der Waals surface area contributed by atoms with Gasteiger partial charge in [0.1, 0.15) is 5.82 Å². The van der Waals surface area contributed by atoms with Gasteiger partial charge in [0, 0.05) is 5.92 Å². The lowest BCUT2D eigenvalue weighted by molar-refractivity contribution is 0.0833. The SMILES string of the molecule is Cc1cccc(C(=O)C2CCC(C)C(C)C2)c1F. The van der Waals surface area contributed by atoms with Gasteiger partial charge in [-0.3, -0.25) is 4.79 Å². The normalized spacial score (nSPS) is 28.1. The monoisotopic (exact) mass is 248 g/mol. The van der Waals surface area contributed by atoms with Crippen molar-refractivity contribution in [1.29, 1.82) is 0 Å². The molecule has 1 aromatic carbocycles. The summed E-state index contributed by atoms with van der Waals surface area (Å²) in [5.74, 6) is 0.896. The van der Waals surface area contributed by atoms with E-state index in [0.717, 1.165) is 19.3 Å². The molecule has 0 aliphatic heterocycles. The molecule has 98 valence electrons. The van der Waals surface area contributed by atoms with Crippen LogP contribution in [0.15, 0.2) is 18.2 Å². The van der Waals surface area contributed by atoms with Crippen LogP contribution in [0.25, 0.3) is 0 Å². The first-order chi connectivity index (χ1) is 8.50. The summed E-state index contributed by atoms with van der Waals surface area (Å²) in [6, 6.07) is 5.09. The Morgan fingerprint density at radius 1 is 1.22 bits per heavy atom. The molecule has 2 rings (SSSR count). The molecule has 1 nitrogen and oxygen atoms in total. The fraction of sp³-hybridized carbons (Fsp3) is 0.562. The van der Waals surface area contributed by atoms with E-state index in [1.54, 1.807) is 25.1 Å². The highest BCUT2D eigenvalue weighted by Gasteiger charge is 2.30. The molecular formula is C16H21FO. The number of ketones is 1. The zero-order chi connectivity index (χ0) is 13.3. The number of Topliss-reactive ketones (excluding diaryl/α,β-unsaturated/α-hetero) is 1. The number of halogens is 1. The Kier molecular flexibility index (Phi) is 3.84. The number of hydrogen-bond acceptors (Lipinski definition) is 1. The van der Waals surface area contributed by atoms with Gasteiger partial charge in [-0.15, -0.1) is 0 Å². The minimum atomic E-state index is -0.339. The first kappa shape index (κ1) is 13.3. The van der Waals surface area contributed by atoms with E-state index in [-0.39, 0.29) is 23.1 Å². The molecule has 0 saturated heterocycles. The molecule has 0 amide bonds. The lowest BCUT2D eigenvalue weighted by Crippen LogP contribution is -2.27. The van der Waals surface area contributed by atoms with E-state index >= 15 is 0 Å². The summed E-state index contributed by atoms with van der Waals surface area (Å²) in [5, 5.41) is 0. The zero-order valence-electron chi connectivity index (χ0n) is 11.4. The van der Waals surface area contributed by atoms with Gasteiger partial charge in [-0.05, 0) is 49.7 Å². The van der Waals surface area contributed by atoms with E-state index in [1.165, 1.54) is 0 Å². The average molecular weight is 248 g/mol. The molecule has 1 aliphatic rings. The fourth-order valence-electron chi connectivity index (χ4n) is 2.84.